The molecule has 4 nitrogen and oxygen atoms in total. The molecular weight excluding hydrogens is 336 g/mol. The van der Waals surface area contributed by atoms with Crippen LogP contribution >= 0.6 is 0 Å². The number of hydrogen-bond acceptors (Lipinski definition) is 3. The molecule has 0 unspecified atom stereocenters. The molecule has 1 heterocycles. The molecule has 1 fully saturated rings. The molecule has 0 radical (unpaired) electrons. The van der Waals surface area contributed by atoms with E-state index in [0.29, 0.717) is 18.2 Å². The van der Waals surface area contributed by atoms with E-state index in [2.05, 4.69) is 36.2 Å². The summed E-state index contributed by atoms with van der Waals surface area (Å²) in [6.45, 7) is 6.24. The Hall–Kier alpha value is -2.49. The highest BCUT2D eigenvalue weighted by atomic mass is 16.5. The fraction of sp³-hybridized carbons (Fsp3) is 0.435. The Balaban J connectivity index is 1.57. The minimum atomic E-state index is -0.103. The second-order valence-electron chi connectivity index (χ2n) is 7.27. The van der Waals surface area contributed by atoms with Gasteiger partial charge in [-0.15, -0.1) is 0 Å². The molecule has 1 atom stereocenters. The lowest BCUT2D eigenvalue weighted by Gasteiger charge is -2.35. The first kappa shape index (κ1) is 19.3. The summed E-state index contributed by atoms with van der Waals surface area (Å²) in [4.78, 5) is 14.9. The summed E-state index contributed by atoms with van der Waals surface area (Å²) in [5, 5.41) is 2.97. The van der Waals surface area contributed by atoms with E-state index in [-0.39, 0.29) is 5.91 Å². The van der Waals surface area contributed by atoms with Crippen molar-refractivity contribution in [2.24, 2.45) is 0 Å². The van der Waals surface area contributed by atoms with Crippen LogP contribution in [-0.2, 0) is 0 Å². The first-order chi connectivity index (χ1) is 13.2. The number of unbranched alkanes of at least 4 members (excludes halogenated alkanes) is 1. The smallest absolute Gasteiger partial charge is 0.255 e. The molecule has 1 aliphatic rings. The van der Waals surface area contributed by atoms with Gasteiger partial charge in [-0.25, -0.2) is 0 Å². The van der Waals surface area contributed by atoms with Gasteiger partial charge in [0.15, 0.2) is 0 Å². The molecule has 1 amide bonds. The lowest BCUT2D eigenvalue weighted by molar-refractivity contribution is 0.102. The van der Waals surface area contributed by atoms with Crippen molar-refractivity contribution < 1.29 is 9.53 Å². The zero-order chi connectivity index (χ0) is 19.1. The van der Waals surface area contributed by atoms with Crippen molar-refractivity contribution in [3.8, 4) is 5.75 Å². The first-order valence-corrected chi connectivity index (χ1v) is 10.1. The normalized spacial score (nSPS) is 16.8. The van der Waals surface area contributed by atoms with Gasteiger partial charge in [-0.1, -0.05) is 13.3 Å². The minimum Gasteiger partial charge on any atom is -0.494 e. The molecule has 4 heteroatoms. The van der Waals surface area contributed by atoms with Gasteiger partial charge in [0.25, 0.3) is 5.91 Å². The van der Waals surface area contributed by atoms with Gasteiger partial charge in [-0.2, -0.15) is 0 Å². The predicted octanol–water partition coefficient (Wildman–Crippen LogP) is 5.50. The maximum atomic E-state index is 12.5. The topological polar surface area (TPSA) is 41.6 Å². The first-order valence-electron chi connectivity index (χ1n) is 10.1. The van der Waals surface area contributed by atoms with E-state index in [4.69, 9.17) is 4.74 Å². The Bertz CT molecular complexity index is 725. The van der Waals surface area contributed by atoms with Gasteiger partial charge in [-0.05, 0) is 81.1 Å². The summed E-state index contributed by atoms with van der Waals surface area (Å²) in [5.74, 6) is 0.703. The second-order valence-corrected chi connectivity index (χ2v) is 7.27. The molecular formula is C23H30N2O2. The van der Waals surface area contributed by atoms with Gasteiger partial charge in [-0.3, -0.25) is 4.79 Å². The summed E-state index contributed by atoms with van der Waals surface area (Å²) >= 11 is 0. The van der Waals surface area contributed by atoms with Crippen LogP contribution < -0.4 is 15.0 Å². The Morgan fingerprint density at radius 2 is 1.85 bits per heavy atom. The number of carbonyl (C=O) groups is 1. The summed E-state index contributed by atoms with van der Waals surface area (Å²) in [7, 11) is 0. The van der Waals surface area contributed by atoms with Crippen LogP contribution in [0.15, 0.2) is 48.5 Å². The minimum absolute atomic E-state index is 0.103. The molecule has 1 aliphatic heterocycles. The SMILES string of the molecule is CCCCOc1ccc(C(=O)Nc2ccc(N3CCCC[C@H]3C)cc2)cc1. The molecule has 144 valence electrons. The van der Waals surface area contributed by atoms with Crippen LogP contribution in [0.3, 0.4) is 0 Å². The number of hydrogen-bond donors (Lipinski definition) is 1. The maximum absolute atomic E-state index is 12.5. The van der Waals surface area contributed by atoms with Gasteiger partial charge in [0.1, 0.15) is 5.75 Å². The summed E-state index contributed by atoms with van der Waals surface area (Å²) in [6, 6.07) is 16.1. The van der Waals surface area contributed by atoms with Crippen molar-refractivity contribution >= 4 is 17.3 Å². The largest absolute Gasteiger partial charge is 0.494 e. The average molecular weight is 367 g/mol. The Morgan fingerprint density at radius 1 is 1.11 bits per heavy atom. The van der Waals surface area contributed by atoms with E-state index in [0.717, 1.165) is 30.8 Å². The van der Waals surface area contributed by atoms with Crippen molar-refractivity contribution in [1.29, 1.82) is 0 Å². The van der Waals surface area contributed by atoms with Crippen LogP contribution in [0.1, 0.15) is 56.3 Å². The van der Waals surface area contributed by atoms with Gasteiger partial charge in [0.05, 0.1) is 6.61 Å². The van der Waals surface area contributed by atoms with Crippen LogP contribution in [0.2, 0.25) is 0 Å². The molecule has 2 aromatic carbocycles. The number of rotatable bonds is 7. The van der Waals surface area contributed by atoms with E-state index < -0.39 is 0 Å². The van der Waals surface area contributed by atoms with E-state index in [1.165, 1.54) is 24.9 Å². The number of nitrogens with zero attached hydrogens (tertiary/aromatic N) is 1. The van der Waals surface area contributed by atoms with Gasteiger partial charge in [0, 0.05) is 29.5 Å². The Labute approximate surface area is 162 Å². The fourth-order valence-corrected chi connectivity index (χ4v) is 3.46. The molecule has 1 saturated heterocycles. The summed E-state index contributed by atoms with van der Waals surface area (Å²) in [5.41, 5.74) is 2.68. The number of nitrogens with one attached hydrogen (secondary N) is 1. The molecule has 0 saturated carbocycles. The van der Waals surface area contributed by atoms with Crippen molar-refractivity contribution in [2.75, 3.05) is 23.4 Å². The molecule has 1 N–H and O–H groups in total. The molecule has 0 spiro atoms. The van der Waals surface area contributed by atoms with Crippen LogP contribution in [-0.4, -0.2) is 25.1 Å². The fourth-order valence-electron chi connectivity index (χ4n) is 3.46. The monoisotopic (exact) mass is 366 g/mol. The van der Waals surface area contributed by atoms with Gasteiger partial charge >= 0.3 is 0 Å². The molecule has 2 aromatic rings. The number of anilines is 2. The maximum Gasteiger partial charge on any atom is 0.255 e. The third-order valence-electron chi connectivity index (χ3n) is 5.14. The third-order valence-corrected chi connectivity index (χ3v) is 5.14. The third kappa shape index (κ3) is 5.25. The zero-order valence-electron chi connectivity index (χ0n) is 16.4. The number of benzene rings is 2. The second kappa shape index (κ2) is 9.45. The van der Waals surface area contributed by atoms with Crippen molar-refractivity contribution in [3.63, 3.8) is 0 Å². The van der Waals surface area contributed by atoms with E-state index in [1.807, 2.05) is 24.3 Å². The Kier molecular flexibility index (Phi) is 6.74. The molecule has 0 aromatic heterocycles. The van der Waals surface area contributed by atoms with Crippen molar-refractivity contribution in [1.82, 2.24) is 0 Å². The van der Waals surface area contributed by atoms with Crippen molar-refractivity contribution in [3.05, 3.63) is 54.1 Å². The highest BCUT2D eigenvalue weighted by molar-refractivity contribution is 6.04. The Morgan fingerprint density at radius 3 is 2.52 bits per heavy atom. The van der Waals surface area contributed by atoms with E-state index >= 15 is 0 Å². The summed E-state index contributed by atoms with van der Waals surface area (Å²) in [6.07, 6.45) is 5.95. The van der Waals surface area contributed by atoms with Gasteiger partial charge < -0.3 is 15.0 Å². The predicted molar refractivity (Wildman–Crippen MR) is 112 cm³/mol. The lowest BCUT2D eigenvalue weighted by atomic mass is 10.0. The van der Waals surface area contributed by atoms with E-state index in [9.17, 15) is 4.79 Å². The molecule has 27 heavy (non-hydrogen) atoms. The van der Waals surface area contributed by atoms with Gasteiger partial charge in [0.2, 0.25) is 0 Å². The van der Waals surface area contributed by atoms with Crippen LogP contribution in [0, 0.1) is 0 Å². The quantitative estimate of drug-likeness (QED) is 0.658. The number of carbonyl (C=O) groups excluding carboxylic acids is 1. The molecule has 0 bridgehead atoms. The summed E-state index contributed by atoms with van der Waals surface area (Å²) < 4.78 is 5.64. The average Bonchev–Trinajstić information content (AvgIpc) is 2.70. The number of piperidine rings is 1. The zero-order valence-corrected chi connectivity index (χ0v) is 16.4. The standard InChI is InChI=1S/C23H30N2O2/c1-3-4-17-27-22-14-8-19(9-15-22)23(26)24-20-10-12-21(13-11-20)25-16-6-5-7-18(25)2/h8-15,18H,3-7,16-17H2,1-2H3,(H,24,26)/t18-/m1/s1. The number of amides is 1. The van der Waals surface area contributed by atoms with E-state index in [1.54, 1.807) is 12.1 Å². The number of ether oxygens (including phenoxy) is 1. The highest BCUT2D eigenvalue weighted by Gasteiger charge is 2.18. The lowest BCUT2D eigenvalue weighted by Crippen LogP contribution is -2.37. The van der Waals surface area contributed by atoms with Crippen LogP contribution in [0.25, 0.3) is 0 Å². The van der Waals surface area contributed by atoms with Crippen molar-refractivity contribution in [2.45, 2.75) is 52.0 Å². The van der Waals surface area contributed by atoms with Crippen LogP contribution in [0.5, 0.6) is 5.75 Å². The van der Waals surface area contributed by atoms with Crippen LogP contribution in [0.4, 0.5) is 11.4 Å². The molecule has 0 aliphatic carbocycles. The molecule has 3 rings (SSSR count). The highest BCUT2D eigenvalue weighted by Crippen LogP contribution is 2.26.